The largest absolute Gasteiger partial charge is 5.00 e. The van der Waals surface area contributed by atoms with E-state index in [1.165, 1.54) is 0 Å². The molecular formula is C5CuFeKN5. The van der Waals surface area contributed by atoms with E-state index in [0.717, 1.165) is 0 Å². The molecule has 3 radical (unpaired) electrons. The van der Waals surface area contributed by atoms with Crippen LogP contribution >= 0.6 is 0 Å². The van der Waals surface area contributed by atoms with Crippen LogP contribution in [0.4, 0.5) is 0 Å². The Morgan fingerprint density at radius 2 is 0.462 bits per heavy atom. The topological polar surface area (TPSA) is 119 Å². The van der Waals surface area contributed by atoms with Gasteiger partial charge in [0.15, 0.2) is 0 Å². The first-order valence-corrected chi connectivity index (χ1v) is 1.12. The third-order valence-corrected chi connectivity index (χ3v) is 0. The fourth-order valence-corrected chi connectivity index (χ4v) is 0. The molecule has 0 amide bonds. The molecule has 0 aromatic heterocycles. The molecule has 8 heteroatoms. The third-order valence-electron chi connectivity index (χ3n) is 0. The van der Waals surface area contributed by atoms with Crippen LogP contribution in [0.2, 0.25) is 0 Å². The van der Waals surface area contributed by atoms with Crippen molar-refractivity contribution in [2.45, 2.75) is 0 Å². The monoisotopic (exact) mass is 288 g/mol. The smallest absolute Gasteiger partial charge is 0.512 e. The van der Waals surface area contributed by atoms with Crippen LogP contribution in [0.1, 0.15) is 0 Å². The summed E-state index contributed by atoms with van der Waals surface area (Å²) in [5, 5.41) is 31.2. The molecule has 0 aliphatic heterocycles. The molecule has 0 heterocycles. The molecule has 0 rings (SSSR count). The van der Waals surface area contributed by atoms with E-state index < -0.39 is 0 Å². The van der Waals surface area contributed by atoms with Gasteiger partial charge in [-0.05, 0) is 0 Å². The Labute approximate surface area is 142 Å². The molecule has 0 aromatic carbocycles. The summed E-state index contributed by atoms with van der Waals surface area (Å²) in [4.78, 5) is 0. The summed E-state index contributed by atoms with van der Waals surface area (Å²) in [5.41, 5.74) is 0. The minimum Gasteiger partial charge on any atom is -0.512 e. The first-order chi connectivity index (χ1) is 5.00. The van der Waals surface area contributed by atoms with Gasteiger partial charge in [-0.1, -0.05) is 0 Å². The quantitative estimate of drug-likeness (QED) is 0.462. The predicted octanol–water partition coefficient (Wildman–Crippen LogP) is 0.0960. The molecule has 0 fully saturated rings. The van der Waals surface area contributed by atoms with Crippen LogP contribution in [0.5, 0.6) is 0 Å². The van der Waals surface area contributed by atoms with Crippen molar-refractivity contribution >= 4 is 51.4 Å². The van der Waals surface area contributed by atoms with Gasteiger partial charge in [0, 0.05) is 68.5 Å². The number of rotatable bonds is 0. The summed E-state index contributed by atoms with van der Waals surface area (Å²) >= 11 is 0. The van der Waals surface area contributed by atoms with Crippen LogP contribution in [-0.2, 0) is 34.1 Å². The Kier molecular flexibility index (Phi) is 540000. The molecule has 65 valence electrons. The average molecular weight is 289 g/mol. The van der Waals surface area contributed by atoms with Crippen LogP contribution in [0.25, 0.3) is 0 Å². The zero-order chi connectivity index (χ0) is 10.0. The fraction of sp³-hybridized carbons (Fsp3) is 0. The van der Waals surface area contributed by atoms with E-state index in [-0.39, 0.29) is 85.5 Å². The van der Waals surface area contributed by atoms with E-state index in [9.17, 15) is 0 Å². The van der Waals surface area contributed by atoms with E-state index in [1.807, 2.05) is 0 Å². The molecule has 0 saturated heterocycles. The van der Waals surface area contributed by atoms with Crippen molar-refractivity contribution in [2.24, 2.45) is 0 Å². The second-order valence-corrected chi connectivity index (χ2v) is 0. The molecule has 0 unspecified atom stereocenters. The molecule has 0 N–H and O–H groups in total. The first kappa shape index (κ1) is 73.5. The molecule has 13 heavy (non-hydrogen) atoms. The van der Waals surface area contributed by atoms with Crippen molar-refractivity contribution in [1.82, 2.24) is 0 Å². The summed E-state index contributed by atoms with van der Waals surface area (Å²) in [6, 6.07) is 0. The Morgan fingerprint density at radius 3 is 0.462 bits per heavy atom. The standard InChI is InChI=1S/5CN.Cu.Fe.K/c5*1-2;;;/q5*-1;;+5;. The van der Waals surface area contributed by atoms with Gasteiger partial charge in [-0.15, -0.1) is 0 Å². The summed E-state index contributed by atoms with van der Waals surface area (Å²) in [5.74, 6) is 0. The van der Waals surface area contributed by atoms with Gasteiger partial charge in [0.25, 0.3) is 0 Å². The normalized spacial score (nSPS) is 0.769. The van der Waals surface area contributed by atoms with E-state index in [0.29, 0.717) is 0 Å². The van der Waals surface area contributed by atoms with Gasteiger partial charge in [-0.2, -0.15) is 0 Å². The van der Waals surface area contributed by atoms with E-state index >= 15 is 0 Å². The van der Waals surface area contributed by atoms with Crippen LogP contribution < -0.4 is 0 Å². The number of hydrogen-bond donors (Lipinski definition) is 0. The Hall–Kier alpha value is 0.125. The summed E-state index contributed by atoms with van der Waals surface area (Å²) in [6.07, 6.45) is 0. The summed E-state index contributed by atoms with van der Waals surface area (Å²) in [6.45, 7) is 23.8. The maximum Gasteiger partial charge on any atom is 5.00 e. The van der Waals surface area contributed by atoms with Crippen LogP contribution in [0.3, 0.4) is 0 Å². The molecule has 0 saturated carbocycles. The van der Waals surface area contributed by atoms with Crippen molar-refractivity contribution in [1.29, 1.82) is 26.3 Å². The average Bonchev–Trinajstić information content (AvgIpc) is 2.20. The Morgan fingerprint density at radius 1 is 0.462 bits per heavy atom. The van der Waals surface area contributed by atoms with Gasteiger partial charge in [0.05, 0.1) is 0 Å². The molecule has 0 aromatic rings. The molecule has 5 nitrogen and oxygen atoms in total. The van der Waals surface area contributed by atoms with Crippen LogP contribution in [0, 0.1) is 59.2 Å². The minimum atomic E-state index is 0. The maximum atomic E-state index is 6.25. The zero-order valence-electron chi connectivity index (χ0n) is 6.39. The van der Waals surface area contributed by atoms with Crippen molar-refractivity contribution in [3.8, 4) is 0 Å². The van der Waals surface area contributed by atoms with Crippen LogP contribution in [0.15, 0.2) is 0 Å². The maximum absolute atomic E-state index is 6.25. The van der Waals surface area contributed by atoms with E-state index in [4.69, 9.17) is 59.2 Å². The summed E-state index contributed by atoms with van der Waals surface area (Å²) < 4.78 is 0. The first-order valence-electron chi connectivity index (χ1n) is 1.12. The molecule has 0 bridgehead atoms. The van der Waals surface area contributed by atoms with Crippen molar-refractivity contribution < 1.29 is 34.1 Å². The second kappa shape index (κ2) is 95600. The zero-order valence-corrected chi connectivity index (χ0v) is 11.6. The SMILES string of the molecule is [C-]#N.[C-]#N.[C-]#N.[C-]#N.[C-]#N.[Cu].[Fe+5].[K]. The van der Waals surface area contributed by atoms with E-state index in [2.05, 4.69) is 0 Å². The molecule has 0 spiro atoms. The predicted molar refractivity (Wildman–Crippen MR) is 30.6 cm³/mol. The van der Waals surface area contributed by atoms with Gasteiger partial charge in [-0.3, -0.25) is 0 Å². The molecule has 0 atom stereocenters. The van der Waals surface area contributed by atoms with Gasteiger partial charge >= 0.3 is 17.1 Å². The van der Waals surface area contributed by atoms with Crippen molar-refractivity contribution in [3.05, 3.63) is 32.9 Å². The van der Waals surface area contributed by atoms with Gasteiger partial charge in [0.2, 0.25) is 0 Å². The molecule has 0 aliphatic rings. The number of nitrogens with zero attached hydrogens (tertiary/aromatic N) is 5. The van der Waals surface area contributed by atoms with Crippen molar-refractivity contribution in [3.63, 3.8) is 0 Å². The minimum absolute atomic E-state index is 0. The number of hydrogen-bond acceptors (Lipinski definition) is 5. The van der Waals surface area contributed by atoms with Gasteiger partial charge in [-0.25, -0.2) is 0 Å². The van der Waals surface area contributed by atoms with Gasteiger partial charge < -0.3 is 59.2 Å². The molecular weight excluding hydrogens is 289 g/mol. The Balaban J connectivity index is -0.00000000379. The van der Waals surface area contributed by atoms with E-state index in [1.54, 1.807) is 0 Å². The van der Waals surface area contributed by atoms with Crippen molar-refractivity contribution in [2.75, 3.05) is 0 Å². The fourth-order valence-electron chi connectivity index (χ4n) is 0. The third kappa shape index (κ3) is 79100. The molecule has 0 aliphatic carbocycles. The Bertz CT molecular complexity index is 83.5. The second-order valence-electron chi connectivity index (χ2n) is 0. The summed E-state index contributed by atoms with van der Waals surface area (Å²) in [7, 11) is 0. The van der Waals surface area contributed by atoms with Gasteiger partial charge in [0.1, 0.15) is 0 Å². The van der Waals surface area contributed by atoms with Crippen LogP contribution in [-0.4, -0.2) is 51.4 Å².